The highest BCUT2D eigenvalue weighted by Crippen LogP contribution is 2.44. The summed E-state index contributed by atoms with van der Waals surface area (Å²) in [6, 6.07) is 0. The highest BCUT2D eigenvalue weighted by Gasteiger charge is 2.43. The fraction of sp³-hybridized carbons (Fsp3) is 0.857. The van der Waals surface area contributed by atoms with Gasteiger partial charge >= 0.3 is 0 Å². The fourth-order valence-electron chi connectivity index (χ4n) is 3.19. The number of hydrogen-bond donors (Lipinski definition) is 1. The zero-order valence-electron chi connectivity index (χ0n) is 11.9. The number of carbonyl (C=O) groups is 1. The first kappa shape index (κ1) is 15.4. The summed E-state index contributed by atoms with van der Waals surface area (Å²) in [5, 5.41) is 0. The van der Waals surface area contributed by atoms with Crippen molar-refractivity contribution >= 4 is 23.1 Å². The van der Waals surface area contributed by atoms with E-state index >= 15 is 0 Å². The van der Waals surface area contributed by atoms with Gasteiger partial charge in [-0.3, -0.25) is 4.79 Å². The topological polar surface area (TPSA) is 46.3 Å². The van der Waals surface area contributed by atoms with E-state index in [1.807, 2.05) is 11.8 Å². The highest BCUT2D eigenvalue weighted by atomic mass is 32.1. The van der Waals surface area contributed by atoms with Crippen LogP contribution in [0.25, 0.3) is 0 Å². The van der Waals surface area contributed by atoms with Crippen LogP contribution in [0.3, 0.4) is 0 Å². The maximum Gasteiger partial charge on any atom is 0.229 e. The van der Waals surface area contributed by atoms with E-state index in [-0.39, 0.29) is 11.3 Å². The first-order valence-corrected chi connectivity index (χ1v) is 7.40. The Kier molecular flexibility index (Phi) is 5.57. The van der Waals surface area contributed by atoms with E-state index in [1.54, 1.807) is 0 Å². The zero-order valence-corrected chi connectivity index (χ0v) is 12.7. The lowest BCUT2D eigenvalue weighted by Gasteiger charge is -2.35. The van der Waals surface area contributed by atoms with E-state index in [9.17, 15) is 4.79 Å². The largest absolute Gasteiger partial charge is 0.392 e. The molecule has 1 saturated carbocycles. The summed E-state index contributed by atoms with van der Waals surface area (Å²) < 4.78 is 0. The van der Waals surface area contributed by atoms with Crippen LogP contribution in [0, 0.1) is 11.3 Å². The molecule has 4 heteroatoms. The lowest BCUT2D eigenvalue weighted by atomic mass is 9.77. The Morgan fingerprint density at radius 3 is 2.33 bits per heavy atom. The molecule has 1 fully saturated rings. The molecule has 0 unspecified atom stereocenters. The Balaban J connectivity index is 2.84. The monoisotopic (exact) mass is 270 g/mol. The van der Waals surface area contributed by atoms with Gasteiger partial charge in [-0.25, -0.2) is 0 Å². The van der Waals surface area contributed by atoms with Crippen molar-refractivity contribution < 1.29 is 4.79 Å². The SMILES string of the molecule is CCN(CC(N)=S)C(=O)C1(CC(C)C)CCCC1. The van der Waals surface area contributed by atoms with Gasteiger partial charge in [-0.05, 0) is 32.1 Å². The molecule has 0 saturated heterocycles. The van der Waals surface area contributed by atoms with Gasteiger partial charge in [0.2, 0.25) is 5.91 Å². The lowest BCUT2D eigenvalue weighted by Crippen LogP contribution is -2.46. The number of hydrogen-bond acceptors (Lipinski definition) is 2. The molecule has 3 nitrogen and oxygen atoms in total. The van der Waals surface area contributed by atoms with Crippen LogP contribution >= 0.6 is 12.2 Å². The summed E-state index contributed by atoms with van der Waals surface area (Å²) in [6.07, 6.45) is 5.38. The van der Waals surface area contributed by atoms with Gasteiger partial charge in [-0.2, -0.15) is 0 Å². The molecule has 0 bridgehead atoms. The molecule has 18 heavy (non-hydrogen) atoms. The third kappa shape index (κ3) is 3.67. The van der Waals surface area contributed by atoms with Crippen molar-refractivity contribution in [3.05, 3.63) is 0 Å². The molecule has 1 amide bonds. The molecule has 0 heterocycles. The van der Waals surface area contributed by atoms with E-state index in [0.717, 1.165) is 19.3 Å². The third-order valence-electron chi connectivity index (χ3n) is 3.83. The van der Waals surface area contributed by atoms with Crippen molar-refractivity contribution in [3.8, 4) is 0 Å². The summed E-state index contributed by atoms with van der Waals surface area (Å²) in [4.78, 5) is 15.0. The summed E-state index contributed by atoms with van der Waals surface area (Å²) in [7, 11) is 0. The minimum absolute atomic E-state index is 0.144. The molecule has 1 rings (SSSR count). The van der Waals surface area contributed by atoms with Crippen molar-refractivity contribution in [2.24, 2.45) is 17.1 Å². The molecule has 0 spiro atoms. The first-order valence-electron chi connectivity index (χ1n) is 6.99. The van der Waals surface area contributed by atoms with Gasteiger partial charge in [0.05, 0.1) is 11.5 Å². The van der Waals surface area contributed by atoms with Crippen molar-refractivity contribution in [3.63, 3.8) is 0 Å². The van der Waals surface area contributed by atoms with Crippen LogP contribution in [0.2, 0.25) is 0 Å². The normalized spacial score (nSPS) is 18.0. The quantitative estimate of drug-likeness (QED) is 0.755. The van der Waals surface area contributed by atoms with Gasteiger partial charge < -0.3 is 10.6 Å². The number of carbonyl (C=O) groups excluding carboxylic acids is 1. The van der Waals surface area contributed by atoms with Crippen LogP contribution in [-0.2, 0) is 4.79 Å². The standard InChI is InChI=1S/C14H26N2OS/c1-4-16(10-12(15)18)13(17)14(9-11(2)3)7-5-6-8-14/h11H,4-10H2,1-3H3,(H2,15,18). The first-order chi connectivity index (χ1) is 8.41. The van der Waals surface area contributed by atoms with Gasteiger partial charge in [0, 0.05) is 12.0 Å². The molecular weight excluding hydrogens is 244 g/mol. The number of rotatable bonds is 6. The van der Waals surface area contributed by atoms with Gasteiger partial charge in [0.15, 0.2) is 0 Å². The second-order valence-corrected chi connectivity index (χ2v) is 6.40. The molecule has 104 valence electrons. The Morgan fingerprint density at radius 2 is 1.94 bits per heavy atom. The molecule has 0 aromatic carbocycles. The van der Waals surface area contributed by atoms with Crippen LogP contribution in [0.15, 0.2) is 0 Å². The van der Waals surface area contributed by atoms with Crippen LogP contribution in [0.1, 0.15) is 52.9 Å². The van der Waals surface area contributed by atoms with E-state index in [1.165, 1.54) is 12.8 Å². The van der Waals surface area contributed by atoms with Gasteiger partial charge in [0.1, 0.15) is 0 Å². The van der Waals surface area contributed by atoms with Gasteiger partial charge in [-0.15, -0.1) is 0 Å². The highest BCUT2D eigenvalue weighted by molar-refractivity contribution is 7.80. The van der Waals surface area contributed by atoms with Crippen LogP contribution in [-0.4, -0.2) is 28.9 Å². The molecule has 0 atom stereocenters. The third-order valence-corrected chi connectivity index (χ3v) is 3.96. The van der Waals surface area contributed by atoms with Gasteiger partial charge in [0.25, 0.3) is 0 Å². The maximum atomic E-state index is 12.8. The fourth-order valence-corrected chi connectivity index (χ4v) is 3.35. The van der Waals surface area contributed by atoms with Crippen molar-refractivity contribution in [1.29, 1.82) is 0 Å². The predicted octanol–water partition coefficient (Wildman–Crippen LogP) is 2.73. The number of nitrogens with two attached hydrogens (primary N) is 1. The van der Waals surface area contributed by atoms with Crippen molar-refractivity contribution in [2.75, 3.05) is 13.1 Å². The van der Waals surface area contributed by atoms with Crippen LogP contribution < -0.4 is 5.73 Å². The molecule has 0 aromatic heterocycles. The Hall–Kier alpha value is -0.640. The van der Waals surface area contributed by atoms with Crippen LogP contribution in [0.4, 0.5) is 0 Å². The van der Waals surface area contributed by atoms with E-state index in [4.69, 9.17) is 18.0 Å². The minimum Gasteiger partial charge on any atom is -0.392 e. The van der Waals surface area contributed by atoms with E-state index < -0.39 is 0 Å². The van der Waals surface area contributed by atoms with Crippen LogP contribution in [0.5, 0.6) is 0 Å². The van der Waals surface area contributed by atoms with E-state index in [2.05, 4.69) is 13.8 Å². The molecule has 0 aromatic rings. The summed E-state index contributed by atoms with van der Waals surface area (Å²) >= 11 is 4.94. The molecule has 1 aliphatic rings. The molecule has 1 aliphatic carbocycles. The summed E-state index contributed by atoms with van der Waals surface area (Å²) in [5.41, 5.74) is 5.44. The van der Waals surface area contributed by atoms with E-state index in [0.29, 0.717) is 24.0 Å². The van der Waals surface area contributed by atoms with Gasteiger partial charge in [-0.1, -0.05) is 38.9 Å². The zero-order chi connectivity index (χ0) is 13.8. The number of likely N-dealkylation sites (N-methyl/N-ethyl adjacent to an activating group) is 1. The average Bonchev–Trinajstić information content (AvgIpc) is 2.73. The second kappa shape index (κ2) is 6.50. The Labute approximate surface area is 116 Å². The van der Waals surface area contributed by atoms with Crippen molar-refractivity contribution in [2.45, 2.75) is 52.9 Å². The number of amides is 1. The predicted molar refractivity (Wildman–Crippen MR) is 79.4 cm³/mol. The minimum atomic E-state index is -0.144. The molecule has 0 radical (unpaired) electrons. The molecular formula is C14H26N2OS. The maximum absolute atomic E-state index is 12.8. The lowest BCUT2D eigenvalue weighted by molar-refractivity contribution is -0.142. The average molecular weight is 270 g/mol. The van der Waals surface area contributed by atoms with Crippen molar-refractivity contribution in [1.82, 2.24) is 4.90 Å². The molecule has 0 aliphatic heterocycles. The smallest absolute Gasteiger partial charge is 0.229 e. The molecule has 2 N–H and O–H groups in total. The number of nitrogens with zero attached hydrogens (tertiary/aromatic N) is 1. The second-order valence-electron chi connectivity index (χ2n) is 5.87. The summed E-state index contributed by atoms with van der Waals surface area (Å²) in [6.45, 7) is 7.49. The Morgan fingerprint density at radius 1 is 1.39 bits per heavy atom. The number of thiocarbonyl (C=S) groups is 1. The Bertz CT molecular complexity index is 309. The summed E-state index contributed by atoms with van der Waals surface area (Å²) in [5.74, 6) is 0.819.